The molecule has 0 saturated heterocycles. The van der Waals surface area contributed by atoms with Gasteiger partial charge < -0.3 is 11.1 Å². The highest BCUT2D eigenvalue weighted by Gasteiger charge is 2.32. The van der Waals surface area contributed by atoms with Gasteiger partial charge in [0, 0.05) is 10.5 Å². The molecule has 108 valence electrons. The number of amides is 2. The summed E-state index contributed by atoms with van der Waals surface area (Å²) in [6.45, 7) is 1.98. The van der Waals surface area contributed by atoms with Crippen LogP contribution in [0.5, 0.6) is 0 Å². The fourth-order valence-corrected chi connectivity index (χ4v) is 3.16. The molecule has 0 unspecified atom stereocenters. The van der Waals surface area contributed by atoms with E-state index >= 15 is 0 Å². The summed E-state index contributed by atoms with van der Waals surface area (Å²) >= 11 is 3.46. The summed E-state index contributed by atoms with van der Waals surface area (Å²) < 4.78 is 0.999. The van der Waals surface area contributed by atoms with Crippen LogP contribution in [0.25, 0.3) is 0 Å². The van der Waals surface area contributed by atoms with E-state index in [9.17, 15) is 9.59 Å². The number of hydrogen-bond acceptors (Lipinski definition) is 2. The maximum Gasteiger partial charge on any atom is 0.224 e. The van der Waals surface area contributed by atoms with Gasteiger partial charge in [0.25, 0.3) is 0 Å². The minimum atomic E-state index is -0.313. The van der Waals surface area contributed by atoms with E-state index in [0.29, 0.717) is 6.42 Å². The molecule has 0 aromatic heterocycles. The summed E-state index contributed by atoms with van der Waals surface area (Å²) in [6, 6.07) is 5.71. The molecule has 0 bridgehead atoms. The van der Waals surface area contributed by atoms with Gasteiger partial charge in [-0.1, -0.05) is 34.5 Å². The van der Waals surface area contributed by atoms with Crippen LogP contribution in [0.2, 0.25) is 0 Å². The third-order valence-electron chi connectivity index (χ3n) is 3.96. The zero-order valence-corrected chi connectivity index (χ0v) is 13.1. The quantitative estimate of drug-likeness (QED) is 0.881. The molecule has 1 saturated carbocycles. The summed E-state index contributed by atoms with van der Waals surface area (Å²) in [7, 11) is 0. The molecule has 1 aromatic rings. The molecule has 1 fully saturated rings. The van der Waals surface area contributed by atoms with E-state index in [1.54, 1.807) is 0 Å². The van der Waals surface area contributed by atoms with E-state index in [4.69, 9.17) is 5.73 Å². The molecular formula is C15H19BrN2O2. The molecule has 5 heteroatoms. The number of nitrogens with one attached hydrogen (secondary N) is 1. The summed E-state index contributed by atoms with van der Waals surface area (Å²) in [5, 5.41) is 2.95. The molecule has 1 aliphatic carbocycles. The lowest BCUT2D eigenvalue weighted by molar-refractivity contribution is -0.124. The fraction of sp³-hybridized carbons (Fsp3) is 0.467. The number of benzene rings is 1. The van der Waals surface area contributed by atoms with Crippen molar-refractivity contribution in [2.45, 2.75) is 38.6 Å². The van der Waals surface area contributed by atoms with Crippen molar-refractivity contribution >= 4 is 27.7 Å². The molecule has 20 heavy (non-hydrogen) atoms. The second-order valence-electron chi connectivity index (χ2n) is 5.31. The third kappa shape index (κ3) is 3.39. The van der Waals surface area contributed by atoms with Crippen molar-refractivity contribution in [3.8, 4) is 0 Å². The van der Waals surface area contributed by atoms with Gasteiger partial charge in [-0.15, -0.1) is 0 Å². The van der Waals surface area contributed by atoms with Gasteiger partial charge in [0.05, 0.1) is 12.3 Å². The molecule has 1 aromatic carbocycles. The van der Waals surface area contributed by atoms with Crippen LogP contribution in [0, 0.1) is 12.8 Å². The Bertz CT molecular complexity index is 531. The first-order valence-electron chi connectivity index (χ1n) is 6.81. The highest BCUT2D eigenvalue weighted by molar-refractivity contribution is 9.10. The largest absolute Gasteiger partial charge is 0.369 e. The predicted molar refractivity (Wildman–Crippen MR) is 81.0 cm³/mol. The molecular weight excluding hydrogens is 320 g/mol. The molecule has 2 atom stereocenters. The second kappa shape index (κ2) is 6.39. The Labute approximate surface area is 127 Å². The average Bonchev–Trinajstić information content (AvgIpc) is 2.83. The van der Waals surface area contributed by atoms with Gasteiger partial charge >= 0.3 is 0 Å². The smallest absolute Gasteiger partial charge is 0.224 e. The normalized spacial score (nSPS) is 21.7. The summed E-state index contributed by atoms with van der Waals surface area (Å²) in [4.78, 5) is 23.4. The van der Waals surface area contributed by atoms with Crippen LogP contribution in [-0.2, 0) is 16.0 Å². The van der Waals surface area contributed by atoms with Crippen LogP contribution in [-0.4, -0.2) is 17.9 Å². The van der Waals surface area contributed by atoms with Gasteiger partial charge in [-0.2, -0.15) is 0 Å². The van der Waals surface area contributed by atoms with E-state index in [1.165, 1.54) is 0 Å². The molecule has 0 radical (unpaired) electrons. The van der Waals surface area contributed by atoms with Gasteiger partial charge in [-0.3, -0.25) is 9.59 Å². The first kappa shape index (κ1) is 15.0. The molecule has 3 N–H and O–H groups in total. The van der Waals surface area contributed by atoms with Crippen LogP contribution < -0.4 is 11.1 Å². The zero-order chi connectivity index (χ0) is 14.7. The van der Waals surface area contributed by atoms with Crippen LogP contribution in [0.1, 0.15) is 30.4 Å². The number of carbonyl (C=O) groups is 2. The Morgan fingerprint density at radius 3 is 2.85 bits per heavy atom. The Kier molecular flexibility index (Phi) is 4.81. The van der Waals surface area contributed by atoms with Gasteiger partial charge in [-0.25, -0.2) is 0 Å². The zero-order valence-electron chi connectivity index (χ0n) is 11.5. The first-order valence-corrected chi connectivity index (χ1v) is 7.61. The van der Waals surface area contributed by atoms with E-state index in [1.807, 2.05) is 25.1 Å². The Morgan fingerprint density at radius 2 is 2.15 bits per heavy atom. The van der Waals surface area contributed by atoms with E-state index < -0.39 is 0 Å². The number of rotatable bonds is 4. The van der Waals surface area contributed by atoms with Crippen molar-refractivity contribution in [2.75, 3.05) is 0 Å². The second-order valence-corrected chi connectivity index (χ2v) is 6.17. The molecule has 1 aliphatic rings. The Morgan fingerprint density at radius 1 is 1.40 bits per heavy atom. The number of halogens is 1. The number of carbonyl (C=O) groups excluding carboxylic acids is 2. The van der Waals surface area contributed by atoms with Gasteiger partial charge in [0.2, 0.25) is 11.8 Å². The Balaban J connectivity index is 1.99. The molecule has 2 rings (SSSR count). The lowest BCUT2D eigenvalue weighted by Crippen LogP contribution is -2.42. The highest BCUT2D eigenvalue weighted by atomic mass is 79.9. The number of primary amides is 1. The summed E-state index contributed by atoms with van der Waals surface area (Å²) in [5.74, 6) is -0.585. The minimum absolute atomic E-state index is 0.0515. The van der Waals surface area contributed by atoms with Gasteiger partial charge in [0.15, 0.2) is 0 Å². The number of nitrogens with two attached hydrogens (primary N) is 1. The average molecular weight is 339 g/mol. The fourth-order valence-electron chi connectivity index (χ4n) is 2.75. The third-order valence-corrected chi connectivity index (χ3v) is 4.82. The lowest BCUT2D eigenvalue weighted by Gasteiger charge is -2.18. The standard InChI is InChI=1S/C15H19BrN2O2/c1-9-10(4-2-6-12(9)16)8-14(19)18-13-7-3-5-11(13)15(17)20/h2,4,6,11,13H,3,5,7-8H2,1H3,(H2,17,20)(H,18,19)/t11-,13+/m1/s1. The molecule has 4 nitrogen and oxygen atoms in total. The predicted octanol–water partition coefficient (Wildman–Crippen LogP) is 2.07. The van der Waals surface area contributed by atoms with E-state index in [2.05, 4.69) is 21.2 Å². The van der Waals surface area contributed by atoms with Crippen molar-refractivity contribution in [1.82, 2.24) is 5.32 Å². The van der Waals surface area contributed by atoms with Gasteiger partial charge in [0.1, 0.15) is 0 Å². The molecule has 0 heterocycles. The molecule has 0 spiro atoms. The lowest BCUT2D eigenvalue weighted by atomic mass is 10.0. The van der Waals surface area contributed by atoms with Crippen molar-refractivity contribution in [3.63, 3.8) is 0 Å². The maximum absolute atomic E-state index is 12.1. The van der Waals surface area contributed by atoms with Gasteiger partial charge in [-0.05, 0) is 37.0 Å². The van der Waals surface area contributed by atoms with Crippen molar-refractivity contribution in [2.24, 2.45) is 11.7 Å². The minimum Gasteiger partial charge on any atom is -0.369 e. The summed E-state index contributed by atoms with van der Waals surface area (Å²) in [5.41, 5.74) is 7.43. The molecule has 0 aliphatic heterocycles. The molecule has 2 amide bonds. The SMILES string of the molecule is Cc1c(Br)cccc1CC(=O)N[C@H]1CCC[C@H]1C(N)=O. The number of hydrogen-bond donors (Lipinski definition) is 2. The van der Waals surface area contributed by atoms with E-state index in [-0.39, 0.29) is 23.8 Å². The van der Waals surface area contributed by atoms with Crippen molar-refractivity contribution in [1.29, 1.82) is 0 Å². The monoisotopic (exact) mass is 338 g/mol. The topological polar surface area (TPSA) is 72.2 Å². The summed E-state index contributed by atoms with van der Waals surface area (Å²) in [6.07, 6.45) is 2.87. The van der Waals surface area contributed by atoms with Crippen LogP contribution in [0.3, 0.4) is 0 Å². The first-order chi connectivity index (χ1) is 9.49. The maximum atomic E-state index is 12.1. The van der Waals surface area contributed by atoms with Crippen LogP contribution in [0.4, 0.5) is 0 Å². The van der Waals surface area contributed by atoms with Crippen LogP contribution >= 0.6 is 15.9 Å². The van der Waals surface area contributed by atoms with Crippen LogP contribution in [0.15, 0.2) is 22.7 Å². The Hall–Kier alpha value is -1.36. The highest BCUT2D eigenvalue weighted by Crippen LogP contribution is 2.25. The van der Waals surface area contributed by atoms with Crippen molar-refractivity contribution in [3.05, 3.63) is 33.8 Å². The van der Waals surface area contributed by atoms with Crippen molar-refractivity contribution < 1.29 is 9.59 Å². The van der Waals surface area contributed by atoms with E-state index in [0.717, 1.165) is 34.9 Å².